The predicted molar refractivity (Wildman–Crippen MR) is 110 cm³/mol. The monoisotopic (exact) mass is 421 g/mol. The number of carbonyl (C=O) groups excluding carboxylic acids is 1. The quantitative estimate of drug-likeness (QED) is 0.520. The molecule has 0 unspecified atom stereocenters. The van der Waals surface area contributed by atoms with Crippen molar-refractivity contribution < 1.29 is 18.8 Å². The first-order valence-corrected chi connectivity index (χ1v) is 9.90. The lowest BCUT2D eigenvalue weighted by Crippen LogP contribution is -2.39. The molecule has 0 spiro atoms. The van der Waals surface area contributed by atoms with E-state index in [2.05, 4.69) is 20.4 Å². The summed E-state index contributed by atoms with van der Waals surface area (Å²) in [5, 5.41) is 16.8. The van der Waals surface area contributed by atoms with Gasteiger partial charge in [0.25, 0.3) is 5.91 Å². The molecule has 1 aliphatic carbocycles. The molecule has 0 saturated heterocycles. The highest BCUT2D eigenvalue weighted by Crippen LogP contribution is 2.44. The van der Waals surface area contributed by atoms with Crippen LogP contribution in [0.2, 0.25) is 0 Å². The standard InChI is InChI=1S/C22H20FN5O3/c1-12-3-4-13(19-26-21(31-27-19)14-8-22(2,30)9-14)7-16(12)25-20(29)17-10-24-18-6-5-15(23)11-28(17)18/h3-7,10-11,14,30H,8-9H2,1-2H3,(H,25,29)/t14-,22+. The number of rotatable bonds is 4. The fourth-order valence-corrected chi connectivity index (χ4v) is 3.90. The summed E-state index contributed by atoms with van der Waals surface area (Å²) in [5.41, 5.74) is 2.12. The Morgan fingerprint density at radius 2 is 2.13 bits per heavy atom. The zero-order valence-electron chi connectivity index (χ0n) is 17.0. The van der Waals surface area contributed by atoms with Crippen molar-refractivity contribution in [3.05, 3.63) is 65.7 Å². The number of nitrogens with one attached hydrogen (secondary N) is 1. The maximum absolute atomic E-state index is 13.6. The Labute approximate surface area is 176 Å². The number of aliphatic hydroxyl groups is 1. The minimum Gasteiger partial charge on any atom is -0.390 e. The number of nitrogens with zero attached hydrogens (tertiary/aromatic N) is 4. The molecule has 158 valence electrons. The minimum absolute atomic E-state index is 0.0522. The SMILES string of the molecule is Cc1ccc(-c2noc([C@H]3C[C@@](C)(O)C3)n2)cc1NC(=O)c1cnc2ccc(F)cn12. The second-order valence-corrected chi connectivity index (χ2v) is 8.26. The molecule has 1 fully saturated rings. The van der Waals surface area contributed by atoms with E-state index in [-0.39, 0.29) is 11.6 Å². The Bertz CT molecular complexity index is 1300. The van der Waals surface area contributed by atoms with E-state index in [1.165, 1.54) is 28.9 Å². The van der Waals surface area contributed by atoms with Gasteiger partial charge in [-0.3, -0.25) is 9.20 Å². The van der Waals surface area contributed by atoms with Gasteiger partial charge in [0.05, 0.1) is 11.8 Å². The van der Waals surface area contributed by atoms with Crippen LogP contribution in [0.1, 0.15) is 47.6 Å². The second kappa shape index (κ2) is 6.98. The van der Waals surface area contributed by atoms with Crippen LogP contribution < -0.4 is 5.32 Å². The molecule has 0 radical (unpaired) electrons. The lowest BCUT2D eigenvalue weighted by molar-refractivity contribution is -0.0386. The molecular weight excluding hydrogens is 401 g/mol. The van der Waals surface area contributed by atoms with Crippen molar-refractivity contribution in [1.29, 1.82) is 0 Å². The van der Waals surface area contributed by atoms with Crippen molar-refractivity contribution in [2.75, 3.05) is 5.32 Å². The van der Waals surface area contributed by atoms with Gasteiger partial charge in [-0.2, -0.15) is 4.98 Å². The van der Waals surface area contributed by atoms with Gasteiger partial charge in [-0.15, -0.1) is 0 Å². The Morgan fingerprint density at radius 1 is 1.32 bits per heavy atom. The first-order chi connectivity index (χ1) is 14.8. The molecule has 3 heterocycles. The topological polar surface area (TPSA) is 106 Å². The third-order valence-corrected chi connectivity index (χ3v) is 5.61. The third-order valence-electron chi connectivity index (χ3n) is 5.61. The normalized spacial score (nSPS) is 20.6. The van der Waals surface area contributed by atoms with Gasteiger partial charge in [-0.25, -0.2) is 9.37 Å². The van der Waals surface area contributed by atoms with Crippen LogP contribution >= 0.6 is 0 Å². The van der Waals surface area contributed by atoms with Crippen molar-refractivity contribution in [2.24, 2.45) is 0 Å². The molecule has 31 heavy (non-hydrogen) atoms. The van der Waals surface area contributed by atoms with E-state index in [0.717, 1.165) is 5.56 Å². The Hall–Kier alpha value is -3.59. The van der Waals surface area contributed by atoms with Crippen LogP contribution in [0.3, 0.4) is 0 Å². The van der Waals surface area contributed by atoms with Gasteiger partial charge in [0, 0.05) is 23.4 Å². The molecule has 4 aromatic rings. The number of halogens is 1. The maximum atomic E-state index is 13.6. The van der Waals surface area contributed by atoms with E-state index >= 15 is 0 Å². The molecule has 0 bridgehead atoms. The van der Waals surface area contributed by atoms with Crippen LogP contribution in [0.4, 0.5) is 10.1 Å². The number of hydrogen-bond donors (Lipinski definition) is 2. The van der Waals surface area contributed by atoms with Gasteiger partial charge in [-0.05, 0) is 50.5 Å². The number of amides is 1. The molecule has 1 amide bonds. The van der Waals surface area contributed by atoms with Crippen molar-refractivity contribution in [2.45, 2.75) is 38.2 Å². The molecule has 1 aliphatic rings. The van der Waals surface area contributed by atoms with Crippen LogP contribution in [0.25, 0.3) is 17.0 Å². The Kier molecular flexibility index (Phi) is 4.37. The van der Waals surface area contributed by atoms with Crippen LogP contribution in [-0.4, -0.2) is 36.1 Å². The van der Waals surface area contributed by atoms with Gasteiger partial charge in [-0.1, -0.05) is 17.3 Å². The summed E-state index contributed by atoms with van der Waals surface area (Å²) in [6, 6.07) is 8.26. The zero-order chi connectivity index (χ0) is 21.8. The molecule has 2 N–H and O–H groups in total. The maximum Gasteiger partial charge on any atom is 0.274 e. The third kappa shape index (κ3) is 3.57. The average molecular weight is 421 g/mol. The molecule has 1 aromatic carbocycles. The van der Waals surface area contributed by atoms with Crippen LogP contribution in [0.5, 0.6) is 0 Å². The molecule has 9 heteroatoms. The number of benzene rings is 1. The fraction of sp³-hybridized carbons (Fsp3) is 0.273. The molecule has 3 aromatic heterocycles. The number of fused-ring (bicyclic) bond motifs is 1. The average Bonchev–Trinajstić information content (AvgIpc) is 3.34. The zero-order valence-corrected chi connectivity index (χ0v) is 17.0. The van der Waals surface area contributed by atoms with Crippen LogP contribution in [0.15, 0.2) is 47.2 Å². The van der Waals surface area contributed by atoms with E-state index in [1.54, 1.807) is 13.0 Å². The molecule has 5 rings (SSSR count). The highest BCUT2D eigenvalue weighted by Gasteiger charge is 2.42. The van der Waals surface area contributed by atoms with Gasteiger partial charge >= 0.3 is 0 Å². The smallest absolute Gasteiger partial charge is 0.274 e. The summed E-state index contributed by atoms with van der Waals surface area (Å²) in [5.74, 6) is 0.0910. The fourth-order valence-electron chi connectivity index (χ4n) is 3.90. The summed E-state index contributed by atoms with van der Waals surface area (Å²) in [4.78, 5) is 21.4. The van der Waals surface area contributed by atoms with Crippen molar-refractivity contribution in [1.82, 2.24) is 19.5 Å². The minimum atomic E-state index is -0.679. The van der Waals surface area contributed by atoms with Crippen molar-refractivity contribution >= 4 is 17.2 Å². The van der Waals surface area contributed by atoms with Gasteiger partial charge < -0.3 is 14.9 Å². The number of aryl methyl sites for hydroxylation is 1. The summed E-state index contributed by atoms with van der Waals surface area (Å²) in [6.45, 7) is 3.65. The number of carbonyl (C=O) groups is 1. The van der Waals surface area contributed by atoms with E-state index in [0.29, 0.717) is 41.5 Å². The van der Waals surface area contributed by atoms with E-state index in [4.69, 9.17) is 4.52 Å². The number of pyridine rings is 1. The largest absolute Gasteiger partial charge is 0.390 e. The van der Waals surface area contributed by atoms with Crippen molar-refractivity contribution in [3.63, 3.8) is 0 Å². The summed E-state index contributed by atoms with van der Waals surface area (Å²) < 4.78 is 20.4. The van der Waals surface area contributed by atoms with Gasteiger partial charge in [0.2, 0.25) is 11.7 Å². The second-order valence-electron chi connectivity index (χ2n) is 8.26. The summed E-state index contributed by atoms with van der Waals surface area (Å²) in [7, 11) is 0. The Morgan fingerprint density at radius 3 is 2.90 bits per heavy atom. The van der Waals surface area contributed by atoms with E-state index in [9.17, 15) is 14.3 Å². The number of aromatic nitrogens is 4. The Balaban J connectivity index is 1.39. The van der Waals surface area contributed by atoms with Crippen LogP contribution in [0, 0.1) is 12.7 Å². The highest BCUT2D eigenvalue weighted by molar-refractivity contribution is 6.04. The number of anilines is 1. The molecular formula is C22H20FN5O3. The lowest BCUT2D eigenvalue weighted by atomic mass is 9.72. The molecule has 0 atom stereocenters. The lowest BCUT2D eigenvalue weighted by Gasteiger charge is -2.38. The first kappa shape index (κ1) is 19.4. The van der Waals surface area contributed by atoms with E-state index < -0.39 is 17.3 Å². The first-order valence-electron chi connectivity index (χ1n) is 9.90. The predicted octanol–water partition coefficient (Wildman–Crippen LogP) is 3.71. The number of imidazole rings is 1. The molecule has 0 aliphatic heterocycles. The van der Waals surface area contributed by atoms with Crippen LogP contribution in [-0.2, 0) is 0 Å². The summed E-state index contributed by atoms with van der Waals surface area (Å²) >= 11 is 0. The molecule has 1 saturated carbocycles. The van der Waals surface area contributed by atoms with E-state index in [1.807, 2.05) is 19.1 Å². The molecule has 8 nitrogen and oxygen atoms in total. The van der Waals surface area contributed by atoms with Gasteiger partial charge in [0.1, 0.15) is 17.2 Å². The van der Waals surface area contributed by atoms with Gasteiger partial charge in [0.15, 0.2) is 0 Å². The van der Waals surface area contributed by atoms with Crippen molar-refractivity contribution in [3.8, 4) is 11.4 Å². The summed E-state index contributed by atoms with van der Waals surface area (Å²) in [6.07, 6.45) is 3.80. The highest BCUT2D eigenvalue weighted by atomic mass is 19.1. The number of hydrogen-bond acceptors (Lipinski definition) is 6.